The van der Waals surface area contributed by atoms with E-state index in [1.165, 1.54) is 18.2 Å². The van der Waals surface area contributed by atoms with Gasteiger partial charge in [-0.1, -0.05) is 47.6 Å². The van der Waals surface area contributed by atoms with Crippen molar-refractivity contribution in [3.63, 3.8) is 0 Å². The largest absolute Gasteiger partial charge is 0.469 e. The van der Waals surface area contributed by atoms with Gasteiger partial charge >= 0.3 is 13.9 Å². The van der Waals surface area contributed by atoms with Crippen LogP contribution in [0.25, 0.3) is 0 Å². The van der Waals surface area contributed by atoms with Gasteiger partial charge < -0.3 is 38.8 Å². The van der Waals surface area contributed by atoms with E-state index >= 15 is 0 Å². The summed E-state index contributed by atoms with van der Waals surface area (Å²) in [4.78, 5) is 39.0. The third-order valence-electron chi connectivity index (χ3n) is 8.37. The lowest BCUT2D eigenvalue weighted by atomic mass is 10.0. The average molecular weight is 685 g/mol. The number of carbonyl (C=O) groups excluding carboxylic acids is 1. The maximum atomic E-state index is 14.1. The number of ether oxygens (including phenoxy) is 5. The number of hydrogen-bond acceptors (Lipinski definition) is 11. The number of fused-ring (bicyclic) bond motifs is 2. The molecule has 0 radical (unpaired) electrons. The quantitative estimate of drug-likeness (QED) is 0.207. The standard InChI is InChI=1S/C29H37N2O13PS/c32-29(42-27-17-39-28-22(27)12-13-38-28)30-23(14-19-6-2-1-3-7-19)26(44-45(33,34)35)16-31(43-20-8-4-5-9-20)46(36,37)21-10-11-24-25(15-21)41-18-40-24/h1-3,6-7,10-11,15,20,22-23,26-28H,4-5,8-9,12-14,16-18H2,(H,30,32)(H2,33,34,35)/t22-,23-,26-,27-,28+/m0/s1. The number of phosphoric ester groups is 1. The number of nitrogens with zero attached hydrogens (tertiary/aromatic N) is 1. The van der Waals surface area contributed by atoms with Gasteiger partial charge in [-0.2, -0.15) is 0 Å². The van der Waals surface area contributed by atoms with Crippen LogP contribution in [0.1, 0.15) is 37.7 Å². The Labute approximate surface area is 266 Å². The second-order valence-corrected chi connectivity index (χ2v) is 14.6. The van der Waals surface area contributed by atoms with Gasteiger partial charge in [0.1, 0.15) is 12.2 Å². The van der Waals surface area contributed by atoms with Crippen molar-refractivity contribution in [2.45, 2.75) is 74.1 Å². The molecule has 0 spiro atoms. The van der Waals surface area contributed by atoms with Gasteiger partial charge in [-0.3, -0.25) is 9.36 Å². The van der Waals surface area contributed by atoms with E-state index in [2.05, 4.69) is 5.32 Å². The first-order valence-electron chi connectivity index (χ1n) is 15.1. The Morgan fingerprint density at radius 2 is 1.80 bits per heavy atom. The van der Waals surface area contributed by atoms with E-state index in [4.69, 9.17) is 33.0 Å². The molecule has 3 aliphatic heterocycles. The molecule has 17 heteroatoms. The van der Waals surface area contributed by atoms with Crippen LogP contribution in [0.3, 0.4) is 0 Å². The molecule has 4 aliphatic rings. The van der Waals surface area contributed by atoms with E-state index in [1.54, 1.807) is 30.3 Å². The van der Waals surface area contributed by atoms with Gasteiger partial charge in [0.15, 0.2) is 17.8 Å². The Morgan fingerprint density at radius 3 is 2.57 bits per heavy atom. The van der Waals surface area contributed by atoms with Crippen molar-refractivity contribution in [2.24, 2.45) is 5.92 Å². The molecule has 0 aromatic heterocycles. The van der Waals surface area contributed by atoms with Crippen molar-refractivity contribution in [1.82, 2.24) is 9.79 Å². The van der Waals surface area contributed by atoms with Gasteiger partial charge in [0, 0.05) is 6.07 Å². The number of rotatable bonds is 13. The number of nitrogens with one attached hydrogen (secondary N) is 1. The third kappa shape index (κ3) is 8.01. The molecule has 2 aromatic rings. The van der Waals surface area contributed by atoms with Gasteiger partial charge in [-0.15, -0.1) is 0 Å². The maximum absolute atomic E-state index is 14.1. The number of hydrogen-bond donors (Lipinski definition) is 3. The second-order valence-electron chi connectivity index (χ2n) is 11.6. The molecule has 6 rings (SSSR count). The predicted octanol–water partition coefficient (Wildman–Crippen LogP) is 2.86. The third-order valence-corrected chi connectivity index (χ3v) is 10.5. The highest BCUT2D eigenvalue weighted by Crippen LogP contribution is 2.40. The van der Waals surface area contributed by atoms with Crippen LogP contribution in [0.5, 0.6) is 11.5 Å². The fourth-order valence-electron chi connectivity index (χ4n) is 6.08. The van der Waals surface area contributed by atoms with E-state index in [0.29, 0.717) is 41.7 Å². The van der Waals surface area contributed by atoms with E-state index in [1.807, 2.05) is 0 Å². The van der Waals surface area contributed by atoms with Crippen molar-refractivity contribution in [3.8, 4) is 11.5 Å². The van der Waals surface area contributed by atoms with Crippen molar-refractivity contribution in [1.29, 1.82) is 0 Å². The Bertz CT molecular complexity index is 1520. The number of sulfonamides is 1. The van der Waals surface area contributed by atoms with Gasteiger partial charge in [0.05, 0.1) is 42.7 Å². The van der Waals surface area contributed by atoms with Crippen molar-refractivity contribution in [3.05, 3.63) is 54.1 Å². The number of carbonyl (C=O) groups is 1. The highest BCUT2D eigenvalue weighted by Gasteiger charge is 2.45. The van der Waals surface area contributed by atoms with E-state index in [0.717, 1.165) is 12.8 Å². The summed E-state index contributed by atoms with van der Waals surface area (Å²) in [7, 11) is -9.69. The van der Waals surface area contributed by atoms with Crippen LogP contribution in [0.4, 0.5) is 4.79 Å². The average Bonchev–Trinajstić information content (AvgIpc) is 3.83. The molecule has 252 valence electrons. The lowest BCUT2D eigenvalue weighted by Gasteiger charge is -2.33. The van der Waals surface area contributed by atoms with Crippen LogP contribution in [-0.2, 0) is 44.6 Å². The summed E-state index contributed by atoms with van der Waals surface area (Å²) in [6.07, 6.45) is -0.526. The van der Waals surface area contributed by atoms with E-state index in [-0.39, 0.29) is 36.4 Å². The molecule has 15 nitrogen and oxygen atoms in total. The fraction of sp³-hybridized carbons (Fsp3) is 0.552. The Kier molecular flexibility index (Phi) is 10.2. The number of hydroxylamine groups is 1. The molecule has 46 heavy (non-hydrogen) atoms. The summed E-state index contributed by atoms with van der Waals surface area (Å²) in [5.74, 6) is 0.448. The topological polar surface area (TPSA) is 189 Å². The SMILES string of the molecule is O=C(N[C@@H](Cc1ccccc1)[C@H](CN(OC1CCCC1)S(=O)(=O)c1ccc2c(c1)OCO2)OP(=O)(O)O)O[C@H]1CO[C@H]2OCC[C@H]21. The van der Waals surface area contributed by atoms with Crippen molar-refractivity contribution >= 4 is 23.9 Å². The molecule has 1 saturated carbocycles. The number of alkyl carbamates (subject to hydrolysis) is 1. The summed E-state index contributed by atoms with van der Waals surface area (Å²) in [5.41, 5.74) is 0.683. The lowest BCUT2D eigenvalue weighted by molar-refractivity contribution is -0.144. The van der Waals surface area contributed by atoms with Gasteiger partial charge in [0.2, 0.25) is 6.79 Å². The molecule has 5 atom stereocenters. The second kappa shape index (κ2) is 14.1. The molecule has 0 bridgehead atoms. The zero-order valence-corrected chi connectivity index (χ0v) is 26.6. The van der Waals surface area contributed by atoms with Crippen LogP contribution in [0, 0.1) is 5.92 Å². The number of benzene rings is 2. The molecule has 3 N–H and O–H groups in total. The van der Waals surface area contributed by atoms with Crippen LogP contribution < -0.4 is 14.8 Å². The molecule has 3 fully saturated rings. The van der Waals surface area contributed by atoms with Crippen LogP contribution in [-0.4, -0.2) is 86.0 Å². The summed E-state index contributed by atoms with van der Waals surface area (Å²) in [5, 5.41) is 2.68. The molecule has 1 amide bonds. The molecule has 1 aliphatic carbocycles. The van der Waals surface area contributed by atoms with Gasteiger partial charge in [-0.25, -0.2) is 17.8 Å². The summed E-state index contributed by atoms with van der Waals surface area (Å²) in [6.45, 7) is -0.142. The molecule has 2 aromatic carbocycles. The molecule has 2 saturated heterocycles. The Morgan fingerprint density at radius 1 is 1.04 bits per heavy atom. The van der Waals surface area contributed by atoms with Gasteiger partial charge in [-0.05, 0) is 43.4 Å². The maximum Gasteiger partial charge on any atom is 0.469 e. The van der Waals surface area contributed by atoms with Crippen molar-refractivity contribution in [2.75, 3.05) is 26.6 Å². The summed E-state index contributed by atoms with van der Waals surface area (Å²) >= 11 is 0. The fourth-order valence-corrected chi connectivity index (χ4v) is 7.96. The van der Waals surface area contributed by atoms with Crippen LogP contribution in [0.15, 0.2) is 53.4 Å². The lowest BCUT2D eigenvalue weighted by Crippen LogP contribution is -2.52. The summed E-state index contributed by atoms with van der Waals surface area (Å²) < 4.78 is 73.8. The summed E-state index contributed by atoms with van der Waals surface area (Å²) in [6, 6.07) is 11.7. The number of phosphoric acid groups is 1. The zero-order valence-electron chi connectivity index (χ0n) is 24.8. The molecule has 3 heterocycles. The highest BCUT2D eigenvalue weighted by molar-refractivity contribution is 7.89. The van der Waals surface area contributed by atoms with Crippen LogP contribution >= 0.6 is 7.82 Å². The Hall–Kier alpha value is -2.79. The first-order valence-corrected chi connectivity index (χ1v) is 18.1. The normalized spacial score (nSPS) is 24.2. The van der Waals surface area contributed by atoms with Gasteiger partial charge in [0.25, 0.3) is 10.0 Å². The molecule has 0 unspecified atom stereocenters. The highest BCUT2D eigenvalue weighted by atomic mass is 32.2. The first-order chi connectivity index (χ1) is 22.0. The van der Waals surface area contributed by atoms with E-state index < -0.39 is 61.1 Å². The minimum absolute atomic E-state index is 0.0122. The molecular formula is C29H37N2O13PS. The smallest absolute Gasteiger partial charge is 0.454 e. The Balaban J connectivity index is 1.30. The first kappa shape index (κ1) is 33.1. The number of amides is 1. The molecular weight excluding hydrogens is 647 g/mol. The predicted molar refractivity (Wildman–Crippen MR) is 158 cm³/mol. The van der Waals surface area contributed by atoms with Crippen molar-refractivity contribution < 1.29 is 60.6 Å². The monoisotopic (exact) mass is 684 g/mol. The minimum Gasteiger partial charge on any atom is -0.454 e. The zero-order chi connectivity index (χ0) is 32.3. The minimum atomic E-state index is -5.24. The van der Waals surface area contributed by atoms with Crippen LogP contribution in [0.2, 0.25) is 0 Å². The van der Waals surface area contributed by atoms with E-state index in [9.17, 15) is 27.6 Å².